The number of nitriles is 1. The van der Waals surface area contributed by atoms with Crippen molar-refractivity contribution in [1.29, 1.82) is 5.26 Å². The van der Waals surface area contributed by atoms with Crippen LogP contribution in [0.2, 0.25) is 0 Å². The van der Waals surface area contributed by atoms with Crippen molar-refractivity contribution in [2.45, 2.75) is 38.8 Å². The van der Waals surface area contributed by atoms with Crippen LogP contribution in [0.15, 0.2) is 0 Å². The minimum atomic E-state index is 0.120. The lowest BCUT2D eigenvalue weighted by atomic mass is 10.2. The zero-order valence-electron chi connectivity index (χ0n) is 8.49. The maximum absolute atomic E-state index is 8.59. The summed E-state index contributed by atoms with van der Waals surface area (Å²) in [6, 6.07) is 2.73. The van der Waals surface area contributed by atoms with Gasteiger partial charge >= 0.3 is 0 Å². The molecule has 1 aliphatic heterocycles. The van der Waals surface area contributed by atoms with Crippen LogP contribution in [0.3, 0.4) is 0 Å². The molecule has 0 aromatic rings. The molecule has 0 aromatic heterocycles. The minimum absolute atomic E-state index is 0.120. The average molecular weight is 182 g/mol. The zero-order valence-corrected chi connectivity index (χ0v) is 8.49. The van der Waals surface area contributed by atoms with Crippen molar-refractivity contribution < 1.29 is 4.74 Å². The molecular formula is C10H18N2O. The van der Waals surface area contributed by atoms with Crippen molar-refractivity contribution >= 4 is 0 Å². The number of hydrogen-bond donors (Lipinski definition) is 0. The third kappa shape index (κ3) is 3.33. The Kier molecular flexibility index (Phi) is 4.20. The van der Waals surface area contributed by atoms with Crippen molar-refractivity contribution in [1.82, 2.24) is 4.90 Å². The monoisotopic (exact) mass is 182 g/mol. The molecule has 1 heterocycles. The lowest BCUT2D eigenvalue weighted by Gasteiger charge is -2.26. The van der Waals surface area contributed by atoms with Gasteiger partial charge in [-0.3, -0.25) is 4.90 Å². The molecule has 0 saturated carbocycles. The highest BCUT2D eigenvalue weighted by Gasteiger charge is 2.19. The lowest BCUT2D eigenvalue weighted by molar-refractivity contribution is 0.0536. The minimum Gasteiger partial charge on any atom is -0.376 e. The molecule has 74 valence electrons. The molecule has 0 aromatic carbocycles. The van der Waals surface area contributed by atoms with E-state index in [0.717, 1.165) is 26.1 Å². The molecule has 0 radical (unpaired) electrons. The fraction of sp³-hybridized carbons (Fsp3) is 0.900. The van der Waals surface area contributed by atoms with Crippen molar-refractivity contribution in [2.75, 3.05) is 19.7 Å². The first-order chi connectivity index (χ1) is 6.24. The summed E-state index contributed by atoms with van der Waals surface area (Å²) >= 11 is 0. The summed E-state index contributed by atoms with van der Waals surface area (Å²) in [5, 5.41) is 8.59. The van der Waals surface area contributed by atoms with Gasteiger partial charge in [-0.25, -0.2) is 0 Å². The smallest absolute Gasteiger partial charge is 0.0831 e. The Bertz CT molecular complexity index is 186. The van der Waals surface area contributed by atoms with Gasteiger partial charge in [-0.15, -0.1) is 0 Å². The number of rotatable bonds is 2. The molecular weight excluding hydrogens is 164 g/mol. The number of hydrogen-bond acceptors (Lipinski definition) is 3. The quantitative estimate of drug-likeness (QED) is 0.647. The molecule has 0 unspecified atom stereocenters. The van der Waals surface area contributed by atoms with E-state index in [2.05, 4.69) is 24.8 Å². The Balaban J connectivity index is 2.45. The van der Waals surface area contributed by atoms with E-state index in [1.54, 1.807) is 0 Å². The van der Waals surface area contributed by atoms with Crippen molar-refractivity contribution in [2.24, 2.45) is 0 Å². The van der Waals surface area contributed by atoms with Gasteiger partial charge < -0.3 is 4.74 Å². The van der Waals surface area contributed by atoms with Gasteiger partial charge in [0.05, 0.1) is 18.6 Å². The van der Waals surface area contributed by atoms with Gasteiger partial charge in [0.2, 0.25) is 0 Å². The molecule has 1 fully saturated rings. The van der Waals surface area contributed by atoms with E-state index in [-0.39, 0.29) is 6.10 Å². The zero-order chi connectivity index (χ0) is 9.68. The van der Waals surface area contributed by atoms with Crippen LogP contribution in [0, 0.1) is 11.3 Å². The highest BCUT2D eigenvalue weighted by Crippen LogP contribution is 2.10. The number of ether oxygens (including phenoxy) is 1. The molecule has 0 N–H and O–H groups in total. The van der Waals surface area contributed by atoms with E-state index >= 15 is 0 Å². The van der Waals surface area contributed by atoms with Crippen molar-refractivity contribution in [3.05, 3.63) is 0 Å². The Labute approximate surface area is 80.3 Å². The summed E-state index contributed by atoms with van der Waals surface area (Å²) in [6.45, 7) is 7.18. The van der Waals surface area contributed by atoms with Crippen LogP contribution in [0.1, 0.15) is 26.7 Å². The van der Waals surface area contributed by atoms with Gasteiger partial charge in [-0.2, -0.15) is 5.26 Å². The van der Waals surface area contributed by atoms with Gasteiger partial charge in [0, 0.05) is 25.7 Å². The van der Waals surface area contributed by atoms with Crippen LogP contribution < -0.4 is 0 Å². The Morgan fingerprint density at radius 1 is 1.62 bits per heavy atom. The van der Waals surface area contributed by atoms with Crippen LogP contribution in [0.25, 0.3) is 0 Å². The molecule has 1 rings (SSSR count). The lowest BCUT2D eigenvalue weighted by Crippen LogP contribution is -2.36. The second-order valence-corrected chi connectivity index (χ2v) is 3.80. The van der Waals surface area contributed by atoms with E-state index < -0.39 is 0 Å². The summed E-state index contributed by atoms with van der Waals surface area (Å²) in [4.78, 5) is 2.38. The third-order valence-corrected chi connectivity index (χ3v) is 2.43. The predicted octanol–water partition coefficient (Wildman–Crippen LogP) is 1.40. The van der Waals surface area contributed by atoms with E-state index in [1.165, 1.54) is 0 Å². The van der Waals surface area contributed by atoms with Crippen molar-refractivity contribution in [3.63, 3.8) is 0 Å². The van der Waals surface area contributed by atoms with Gasteiger partial charge in [-0.05, 0) is 20.3 Å². The van der Waals surface area contributed by atoms with E-state index in [9.17, 15) is 0 Å². The molecule has 0 spiro atoms. The summed E-state index contributed by atoms with van der Waals surface area (Å²) in [5.74, 6) is 0. The second kappa shape index (κ2) is 5.21. The van der Waals surface area contributed by atoms with Gasteiger partial charge in [0.15, 0.2) is 0 Å². The molecule has 13 heavy (non-hydrogen) atoms. The molecule has 3 heteroatoms. The van der Waals surface area contributed by atoms with Crippen molar-refractivity contribution in [3.8, 4) is 6.07 Å². The first-order valence-corrected chi connectivity index (χ1v) is 4.96. The standard InChI is InChI=1S/C10H18N2O/c1-9(2)12-6-3-7-13-10(8-12)4-5-11/h9-10H,3-4,6-8H2,1-2H3/t10-/m0/s1. The second-order valence-electron chi connectivity index (χ2n) is 3.80. The maximum atomic E-state index is 8.59. The summed E-state index contributed by atoms with van der Waals surface area (Å²) in [7, 11) is 0. The first-order valence-electron chi connectivity index (χ1n) is 4.96. The van der Waals surface area contributed by atoms with Crippen LogP contribution >= 0.6 is 0 Å². The molecule has 1 saturated heterocycles. The van der Waals surface area contributed by atoms with Gasteiger partial charge in [-0.1, -0.05) is 0 Å². The Hall–Kier alpha value is -0.590. The van der Waals surface area contributed by atoms with E-state index in [4.69, 9.17) is 10.00 Å². The fourth-order valence-electron chi connectivity index (χ4n) is 1.62. The molecule has 0 amide bonds. The summed E-state index contributed by atoms with van der Waals surface area (Å²) in [5.41, 5.74) is 0. The number of nitrogens with zero attached hydrogens (tertiary/aromatic N) is 2. The molecule has 1 atom stereocenters. The van der Waals surface area contributed by atoms with Crippen LogP contribution in [-0.2, 0) is 4.74 Å². The van der Waals surface area contributed by atoms with Gasteiger partial charge in [0.25, 0.3) is 0 Å². The molecule has 3 nitrogen and oxygen atoms in total. The Morgan fingerprint density at radius 2 is 2.38 bits per heavy atom. The average Bonchev–Trinajstić information content (AvgIpc) is 2.30. The molecule has 0 aliphatic carbocycles. The fourth-order valence-corrected chi connectivity index (χ4v) is 1.62. The van der Waals surface area contributed by atoms with Crippen LogP contribution in [0.5, 0.6) is 0 Å². The maximum Gasteiger partial charge on any atom is 0.0831 e. The highest BCUT2D eigenvalue weighted by atomic mass is 16.5. The SMILES string of the molecule is CC(C)N1CCCO[C@@H](CC#N)C1. The largest absolute Gasteiger partial charge is 0.376 e. The van der Waals surface area contributed by atoms with E-state index in [0.29, 0.717) is 12.5 Å². The summed E-state index contributed by atoms with van der Waals surface area (Å²) in [6.07, 6.45) is 1.72. The van der Waals surface area contributed by atoms with Crippen LogP contribution in [0.4, 0.5) is 0 Å². The normalized spacial score (nSPS) is 25.5. The first kappa shape index (κ1) is 10.5. The Morgan fingerprint density at radius 3 is 3.00 bits per heavy atom. The predicted molar refractivity (Wildman–Crippen MR) is 51.3 cm³/mol. The van der Waals surface area contributed by atoms with E-state index in [1.807, 2.05) is 0 Å². The molecule has 0 bridgehead atoms. The third-order valence-electron chi connectivity index (χ3n) is 2.43. The summed E-state index contributed by atoms with van der Waals surface area (Å²) < 4.78 is 5.56. The van der Waals surface area contributed by atoms with Crippen LogP contribution in [-0.4, -0.2) is 36.7 Å². The highest BCUT2D eigenvalue weighted by molar-refractivity contribution is 4.81. The topological polar surface area (TPSA) is 36.3 Å². The molecule has 1 aliphatic rings. The van der Waals surface area contributed by atoms with Gasteiger partial charge in [0.1, 0.15) is 0 Å².